The van der Waals surface area contributed by atoms with E-state index in [1.165, 1.54) is 10.5 Å². The van der Waals surface area contributed by atoms with Crippen molar-refractivity contribution < 1.29 is 14.4 Å². The van der Waals surface area contributed by atoms with Crippen molar-refractivity contribution in [1.82, 2.24) is 9.88 Å². The third kappa shape index (κ3) is 4.39. The predicted molar refractivity (Wildman–Crippen MR) is 135 cm³/mol. The largest absolute Gasteiger partial charge is 0.497 e. The fourth-order valence-corrected chi connectivity index (χ4v) is 4.86. The summed E-state index contributed by atoms with van der Waals surface area (Å²) in [4.78, 5) is 22.3. The van der Waals surface area contributed by atoms with Crippen LogP contribution in [0, 0.1) is 6.92 Å². The van der Waals surface area contributed by atoms with Crippen LogP contribution in [0.1, 0.15) is 21.5 Å². The van der Waals surface area contributed by atoms with Gasteiger partial charge in [-0.05, 0) is 42.8 Å². The number of aromatic nitrogens is 1. The van der Waals surface area contributed by atoms with E-state index >= 15 is 0 Å². The lowest BCUT2D eigenvalue weighted by Crippen LogP contribution is -3.13. The molecule has 5 rings (SSSR count). The van der Waals surface area contributed by atoms with Crippen LogP contribution in [0.15, 0.2) is 78.9 Å². The molecule has 3 aromatic carbocycles. The van der Waals surface area contributed by atoms with E-state index in [0.717, 1.165) is 71.8 Å². The number of piperazine rings is 1. The smallest absolute Gasteiger partial charge is 0.255 e. The highest BCUT2D eigenvalue weighted by molar-refractivity contribution is 6.08. The second-order valence-electron chi connectivity index (χ2n) is 8.91. The molecule has 0 aliphatic carbocycles. The molecule has 5 heteroatoms. The van der Waals surface area contributed by atoms with Gasteiger partial charge in [0, 0.05) is 16.5 Å². The van der Waals surface area contributed by atoms with Crippen molar-refractivity contribution in [3.63, 3.8) is 0 Å². The standard InChI is InChI=1S/C29H29N3O2/c1-21-27(29(33)32-18-16-31(17-19-32)20-22-8-4-3-5-9-22)25-10-6-7-11-26(25)30-28(21)23-12-14-24(34-2)15-13-23/h3-15H,16-20H2,1-2H3/p+1. The maximum Gasteiger partial charge on any atom is 0.255 e. The number of amides is 1. The number of hydrogen-bond acceptors (Lipinski definition) is 3. The molecule has 0 spiro atoms. The number of quaternary nitrogens is 1. The third-order valence-electron chi connectivity index (χ3n) is 6.77. The number of carbonyl (C=O) groups is 1. The minimum absolute atomic E-state index is 0.102. The maximum atomic E-state index is 13.9. The average molecular weight is 453 g/mol. The molecule has 1 N–H and O–H groups in total. The van der Waals surface area contributed by atoms with Crippen LogP contribution >= 0.6 is 0 Å². The lowest BCUT2D eigenvalue weighted by atomic mass is 9.96. The van der Waals surface area contributed by atoms with Gasteiger partial charge in [-0.3, -0.25) is 4.79 Å². The molecule has 34 heavy (non-hydrogen) atoms. The van der Waals surface area contributed by atoms with Gasteiger partial charge in [-0.15, -0.1) is 0 Å². The van der Waals surface area contributed by atoms with Crippen molar-refractivity contribution >= 4 is 16.8 Å². The van der Waals surface area contributed by atoms with Crippen LogP contribution in [0.5, 0.6) is 5.75 Å². The highest BCUT2D eigenvalue weighted by atomic mass is 16.5. The summed E-state index contributed by atoms with van der Waals surface area (Å²) in [6.07, 6.45) is 0. The van der Waals surface area contributed by atoms with Gasteiger partial charge in [0.05, 0.1) is 50.1 Å². The SMILES string of the molecule is COc1ccc(-c2nc3ccccc3c(C(=O)N3CC[NH+](Cc4ccccc4)CC3)c2C)cc1. The monoisotopic (exact) mass is 452 g/mol. The summed E-state index contributed by atoms with van der Waals surface area (Å²) in [5, 5.41) is 0.918. The number of hydrogen-bond donors (Lipinski definition) is 1. The van der Waals surface area contributed by atoms with Gasteiger partial charge in [-0.25, -0.2) is 4.98 Å². The number of fused-ring (bicyclic) bond motifs is 1. The summed E-state index contributed by atoms with van der Waals surface area (Å²) in [6.45, 7) is 6.44. The Kier molecular flexibility index (Phi) is 6.28. The molecule has 1 aromatic heterocycles. The van der Waals surface area contributed by atoms with Gasteiger partial charge in [0.25, 0.3) is 5.91 Å². The van der Waals surface area contributed by atoms with Gasteiger partial charge < -0.3 is 14.5 Å². The zero-order chi connectivity index (χ0) is 23.5. The molecule has 172 valence electrons. The Balaban J connectivity index is 1.43. The maximum absolute atomic E-state index is 13.9. The highest BCUT2D eigenvalue weighted by Crippen LogP contribution is 2.31. The van der Waals surface area contributed by atoms with Crippen molar-refractivity contribution in [3.8, 4) is 17.0 Å². The first-order chi connectivity index (χ1) is 16.6. The first-order valence-corrected chi connectivity index (χ1v) is 11.8. The second-order valence-corrected chi connectivity index (χ2v) is 8.91. The average Bonchev–Trinajstić information content (AvgIpc) is 2.89. The van der Waals surface area contributed by atoms with Crippen LogP contribution in [-0.4, -0.2) is 49.1 Å². The molecule has 1 amide bonds. The molecule has 1 saturated heterocycles. The molecule has 0 radical (unpaired) electrons. The van der Waals surface area contributed by atoms with E-state index in [0.29, 0.717) is 0 Å². The van der Waals surface area contributed by atoms with Crippen LogP contribution in [0.2, 0.25) is 0 Å². The van der Waals surface area contributed by atoms with Gasteiger partial charge in [0.2, 0.25) is 0 Å². The third-order valence-corrected chi connectivity index (χ3v) is 6.77. The Morgan fingerprint density at radius 3 is 2.32 bits per heavy atom. The first kappa shape index (κ1) is 22.1. The number of rotatable bonds is 5. The molecule has 0 saturated carbocycles. The molecule has 2 heterocycles. The summed E-state index contributed by atoms with van der Waals surface area (Å²) in [6, 6.07) is 26.4. The topological polar surface area (TPSA) is 46.9 Å². The summed E-state index contributed by atoms with van der Waals surface area (Å²) in [7, 11) is 1.66. The second kappa shape index (κ2) is 9.65. The lowest BCUT2D eigenvalue weighted by molar-refractivity contribution is -0.917. The summed E-state index contributed by atoms with van der Waals surface area (Å²) in [5.74, 6) is 0.902. The lowest BCUT2D eigenvalue weighted by Gasteiger charge is -2.33. The number of para-hydroxylation sites is 1. The van der Waals surface area contributed by atoms with E-state index in [-0.39, 0.29) is 5.91 Å². The van der Waals surface area contributed by atoms with Gasteiger partial charge in [0.1, 0.15) is 12.3 Å². The van der Waals surface area contributed by atoms with Gasteiger partial charge in [-0.2, -0.15) is 0 Å². The summed E-state index contributed by atoms with van der Waals surface area (Å²) < 4.78 is 5.31. The number of nitrogens with zero attached hydrogens (tertiary/aromatic N) is 2. The predicted octanol–water partition coefficient (Wildman–Crippen LogP) is 3.76. The van der Waals surface area contributed by atoms with Crippen LogP contribution in [-0.2, 0) is 6.54 Å². The van der Waals surface area contributed by atoms with E-state index < -0.39 is 0 Å². The minimum atomic E-state index is 0.102. The van der Waals surface area contributed by atoms with Gasteiger partial charge in [-0.1, -0.05) is 48.5 Å². The van der Waals surface area contributed by atoms with Crippen LogP contribution in [0.3, 0.4) is 0 Å². The number of pyridine rings is 1. The van der Waals surface area contributed by atoms with Crippen LogP contribution in [0.4, 0.5) is 0 Å². The number of carbonyl (C=O) groups excluding carboxylic acids is 1. The molecule has 0 bridgehead atoms. The molecule has 1 aliphatic heterocycles. The van der Waals surface area contributed by atoms with Crippen LogP contribution < -0.4 is 9.64 Å². The van der Waals surface area contributed by atoms with E-state index in [9.17, 15) is 4.79 Å². The fourth-order valence-electron chi connectivity index (χ4n) is 4.86. The highest BCUT2D eigenvalue weighted by Gasteiger charge is 2.28. The Hall–Kier alpha value is -3.70. The number of benzene rings is 3. The zero-order valence-electron chi connectivity index (χ0n) is 19.8. The van der Waals surface area contributed by atoms with Gasteiger partial charge in [0.15, 0.2) is 0 Å². The summed E-state index contributed by atoms with van der Waals surface area (Å²) >= 11 is 0. The number of ether oxygens (including phenoxy) is 1. The van der Waals surface area contributed by atoms with Crippen molar-refractivity contribution in [2.45, 2.75) is 13.5 Å². The van der Waals surface area contributed by atoms with Crippen molar-refractivity contribution in [1.29, 1.82) is 0 Å². The Morgan fingerprint density at radius 2 is 1.62 bits per heavy atom. The molecule has 1 fully saturated rings. The quantitative estimate of drug-likeness (QED) is 0.502. The molecule has 5 nitrogen and oxygen atoms in total. The van der Waals surface area contributed by atoms with Crippen molar-refractivity contribution in [2.24, 2.45) is 0 Å². The molecular formula is C29H30N3O2+. The Morgan fingerprint density at radius 1 is 0.941 bits per heavy atom. The number of methoxy groups -OCH3 is 1. The van der Waals surface area contributed by atoms with E-state index in [2.05, 4.69) is 30.3 Å². The van der Waals surface area contributed by atoms with Gasteiger partial charge >= 0.3 is 0 Å². The first-order valence-electron chi connectivity index (χ1n) is 11.8. The fraction of sp³-hybridized carbons (Fsp3) is 0.241. The molecule has 1 aliphatic rings. The number of nitrogens with one attached hydrogen (secondary N) is 1. The molecule has 4 aromatic rings. The van der Waals surface area contributed by atoms with E-state index in [1.54, 1.807) is 7.11 Å². The Bertz CT molecular complexity index is 1290. The minimum Gasteiger partial charge on any atom is -0.497 e. The molecule has 0 unspecified atom stereocenters. The normalized spacial score (nSPS) is 14.4. The van der Waals surface area contributed by atoms with E-state index in [4.69, 9.17) is 9.72 Å². The zero-order valence-corrected chi connectivity index (χ0v) is 19.8. The molecule has 0 atom stereocenters. The molecular weight excluding hydrogens is 422 g/mol. The van der Waals surface area contributed by atoms with Crippen molar-refractivity contribution in [2.75, 3.05) is 33.3 Å². The Labute approximate surface area is 200 Å². The summed E-state index contributed by atoms with van der Waals surface area (Å²) in [5.41, 5.74) is 5.71. The van der Waals surface area contributed by atoms with Crippen molar-refractivity contribution in [3.05, 3.63) is 95.6 Å². The van der Waals surface area contributed by atoms with E-state index in [1.807, 2.05) is 60.4 Å². The van der Waals surface area contributed by atoms with Crippen LogP contribution in [0.25, 0.3) is 22.2 Å².